The second-order valence-electron chi connectivity index (χ2n) is 10.5. The Labute approximate surface area is 224 Å². The summed E-state index contributed by atoms with van der Waals surface area (Å²) in [5, 5.41) is 2.61. The highest BCUT2D eigenvalue weighted by atomic mass is 28.4. The van der Waals surface area contributed by atoms with Gasteiger partial charge in [0.15, 0.2) is 5.76 Å². The van der Waals surface area contributed by atoms with Gasteiger partial charge in [-0.1, -0.05) is 93.1 Å². The van der Waals surface area contributed by atoms with Crippen LogP contribution < -0.4 is 10.4 Å². The summed E-state index contributed by atoms with van der Waals surface area (Å²) in [6, 6.07) is 23.7. The Morgan fingerprint density at radius 2 is 1.49 bits per heavy atom. The molecule has 0 bridgehead atoms. The third-order valence-electron chi connectivity index (χ3n) is 6.73. The van der Waals surface area contributed by atoms with Gasteiger partial charge in [0.25, 0.3) is 8.32 Å². The van der Waals surface area contributed by atoms with Gasteiger partial charge >= 0.3 is 0 Å². The summed E-state index contributed by atoms with van der Waals surface area (Å²) in [5.41, 5.74) is 2.53. The Morgan fingerprint density at radius 1 is 0.919 bits per heavy atom. The van der Waals surface area contributed by atoms with Crippen molar-refractivity contribution in [2.24, 2.45) is 0 Å². The molecule has 200 valence electrons. The number of rotatable bonds is 14. The van der Waals surface area contributed by atoms with Gasteiger partial charge in [0.1, 0.15) is 0 Å². The number of aryl methyl sites for hydroxylation is 1. The van der Waals surface area contributed by atoms with Crippen LogP contribution in [0.4, 0.5) is 0 Å². The second kappa shape index (κ2) is 13.9. The fourth-order valence-electron chi connectivity index (χ4n) is 4.91. The maximum Gasteiger partial charge on any atom is 0.261 e. The minimum atomic E-state index is -2.50. The molecule has 0 fully saturated rings. The molecule has 0 atom stereocenters. The molecule has 0 aliphatic carbocycles. The van der Waals surface area contributed by atoms with E-state index in [9.17, 15) is 0 Å². The molecule has 0 amide bonds. The maximum atomic E-state index is 7.00. The van der Waals surface area contributed by atoms with Gasteiger partial charge in [0.05, 0.1) is 12.9 Å². The molecule has 0 spiro atoms. The van der Waals surface area contributed by atoms with Crippen molar-refractivity contribution >= 4 is 18.7 Å². The Balaban J connectivity index is 1.66. The first-order valence-corrected chi connectivity index (χ1v) is 15.4. The van der Waals surface area contributed by atoms with E-state index in [1.165, 1.54) is 21.5 Å². The number of hydrogen-bond donors (Lipinski definition) is 0. The zero-order chi connectivity index (χ0) is 26.7. The van der Waals surface area contributed by atoms with Crippen molar-refractivity contribution in [1.29, 1.82) is 0 Å². The topological polar surface area (TPSA) is 40.8 Å². The molecular weight excluding hydrogens is 476 g/mol. The molecule has 0 saturated carbocycles. The Morgan fingerprint density at radius 3 is 2.00 bits per heavy atom. The van der Waals surface area contributed by atoms with Crippen LogP contribution in [0.3, 0.4) is 0 Å². The first-order valence-electron chi connectivity index (χ1n) is 13.5. The average Bonchev–Trinajstić information content (AvgIpc) is 3.36. The summed E-state index contributed by atoms with van der Waals surface area (Å²) in [4.78, 5) is 0. The fraction of sp³-hybridized carbons (Fsp3) is 0.438. The Kier molecular flexibility index (Phi) is 11.0. The van der Waals surface area contributed by atoms with Crippen molar-refractivity contribution in [3.8, 4) is 0 Å². The normalized spacial score (nSPS) is 12.9. The second-order valence-corrected chi connectivity index (χ2v) is 14.8. The number of furan rings is 1. The standard InChI is InChI=1S/C32H44O4Si/c1-7-33-31(34-8-2)30-24-27(25-35-30)17-15-16-26(3)22-23-36-37(32(4,5)6,28-18-11-9-12-19-28)29-20-13-10-14-21-29/h9-14,18-22,24-25,31H,7-8,15-17,23H2,1-6H3/b26-22+. The van der Waals surface area contributed by atoms with Crippen LogP contribution in [0.25, 0.3) is 0 Å². The number of hydrogen-bond acceptors (Lipinski definition) is 4. The van der Waals surface area contributed by atoms with Gasteiger partial charge < -0.3 is 18.3 Å². The summed E-state index contributed by atoms with van der Waals surface area (Å²) in [7, 11) is -2.50. The van der Waals surface area contributed by atoms with Crippen LogP contribution >= 0.6 is 0 Å². The third-order valence-corrected chi connectivity index (χ3v) is 11.7. The van der Waals surface area contributed by atoms with Crippen LogP contribution in [0.5, 0.6) is 0 Å². The summed E-state index contributed by atoms with van der Waals surface area (Å²) in [6.07, 6.45) is 6.68. The van der Waals surface area contributed by atoms with Crippen LogP contribution in [0.1, 0.15) is 72.0 Å². The summed E-state index contributed by atoms with van der Waals surface area (Å²) < 4.78 is 24.0. The van der Waals surface area contributed by atoms with Crippen molar-refractivity contribution < 1.29 is 18.3 Å². The van der Waals surface area contributed by atoms with E-state index in [0.29, 0.717) is 19.8 Å². The summed E-state index contributed by atoms with van der Waals surface area (Å²) >= 11 is 0. The van der Waals surface area contributed by atoms with Gasteiger partial charge in [0.2, 0.25) is 6.29 Å². The largest absolute Gasteiger partial charge is 0.464 e. The monoisotopic (exact) mass is 520 g/mol. The molecule has 3 rings (SSSR count). The lowest BCUT2D eigenvalue weighted by molar-refractivity contribution is -0.150. The maximum absolute atomic E-state index is 7.00. The van der Waals surface area contributed by atoms with Crippen molar-refractivity contribution in [2.45, 2.75) is 72.1 Å². The van der Waals surface area contributed by atoms with Crippen LogP contribution in [0.15, 0.2) is 89.1 Å². The first kappa shape index (κ1) is 29.1. The van der Waals surface area contributed by atoms with E-state index in [2.05, 4.69) is 101 Å². The van der Waals surface area contributed by atoms with E-state index in [0.717, 1.165) is 25.0 Å². The van der Waals surface area contributed by atoms with Gasteiger partial charge in [-0.25, -0.2) is 0 Å². The van der Waals surface area contributed by atoms with E-state index >= 15 is 0 Å². The van der Waals surface area contributed by atoms with E-state index in [4.69, 9.17) is 18.3 Å². The van der Waals surface area contributed by atoms with E-state index < -0.39 is 14.6 Å². The molecule has 3 aromatic rings. The van der Waals surface area contributed by atoms with Crippen molar-refractivity contribution in [3.05, 3.63) is 96.0 Å². The Bertz CT molecular complexity index is 1040. The molecule has 0 N–H and O–H groups in total. The molecule has 1 aromatic heterocycles. The van der Waals surface area contributed by atoms with Gasteiger partial charge in [-0.05, 0) is 67.1 Å². The first-order chi connectivity index (χ1) is 17.8. The molecule has 0 saturated heterocycles. The highest BCUT2D eigenvalue weighted by Gasteiger charge is 2.49. The van der Waals surface area contributed by atoms with Crippen LogP contribution in [-0.4, -0.2) is 28.1 Å². The lowest BCUT2D eigenvalue weighted by atomic mass is 10.1. The van der Waals surface area contributed by atoms with E-state index in [1.807, 2.05) is 20.1 Å². The van der Waals surface area contributed by atoms with E-state index in [-0.39, 0.29) is 5.04 Å². The smallest absolute Gasteiger partial charge is 0.261 e. The minimum absolute atomic E-state index is 0.0166. The quantitative estimate of drug-likeness (QED) is 0.128. The predicted molar refractivity (Wildman–Crippen MR) is 155 cm³/mol. The molecule has 2 aromatic carbocycles. The zero-order valence-electron chi connectivity index (χ0n) is 23.5. The molecule has 0 aliphatic heterocycles. The van der Waals surface area contributed by atoms with E-state index in [1.54, 1.807) is 0 Å². The molecule has 0 radical (unpaired) electrons. The lowest BCUT2D eigenvalue weighted by Gasteiger charge is -2.42. The zero-order valence-corrected chi connectivity index (χ0v) is 24.5. The Hall–Kier alpha value is -2.44. The van der Waals surface area contributed by atoms with Crippen molar-refractivity contribution in [2.75, 3.05) is 19.8 Å². The number of ether oxygens (including phenoxy) is 2. The van der Waals surface area contributed by atoms with Crippen molar-refractivity contribution in [1.82, 2.24) is 0 Å². The molecule has 37 heavy (non-hydrogen) atoms. The van der Waals surface area contributed by atoms with Gasteiger partial charge in [-0.2, -0.15) is 0 Å². The van der Waals surface area contributed by atoms with Crippen LogP contribution in [0, 0.1) is 0 Å². The minimum Gasteiger partial charge on any atom is -0.464 e. The number of allylic oxidation sites excluding steroid dienone is 1. The number of benzene rings is 2. The highest BCUT2D eigenvalue weighted by molar-refractivity contribution is 6.99. The summed E-state index contributed by atoms with van der Waals surface area (Å²) in [6.45, 7) is 14.9. The summed E-state index contributed by atoms with van der Waals surface area (Å²) in [5.74, 6) is 0.740. The van der Waals surface area contributed by atoms with Gasteiger partial charge in [-0.15, -0.1) is 0 Å². The molecule has 5 heteroatoms. The van der Waals surface area contributed by atoms with Crippen LogP contribution in [0.2, 0.25) is 5.04 Å². The lowest BCUT2D eigenvalue weighted by Crippen LogP contribution is -2.66. The molecular formula is C32H44O4Si. The highest BCUT2D eigenvalue weighted by Crippen LogP contribution is 2.36. The SMILES string of the molecule is CCOC(OCC)c1cc(CCC/C(C)=C/CO[Si](c2ccccc2)(c2ccccc2)C(C)(C)C)co1. The molecule has 0 aliphatic rings. The van der Waals surface area contributed by atoms with Crippen molar-refractivity contribution in [3.63, 3.8) is 0 Å². The molecule has 0 unspecified atom stereocenters. The van der Waals surface area contributed by atoms with Gasteiger partial charge in [-0.3, -0.25) is 0 Å². The average molecular weight is 521 g/mol. The predicted octanol–water partition coefficient (Wildman–Crippen LogP) is 7.20. The third kappa shape index (κ3) is 7.54. The van der Waals surface area contributed by atoms with Gasteiger partial charge in [0, 0.05) is 13.2 Å². The fourth-order valence-corrected chi connectivity index (χ4v) is 9.40. The van der Waals surface area contributed by atoms with Crippen LogP contribution in [-0.2, 0) is 20.3 Å². The molecule has 1 heterocycles. The molecule has 4 nitrogen and oxygen atoms in total.